The number of rotatable bonds is 8. The lowest BCUT2D eigenvalue weighted by Crippen LogP contribution is -2.28. The SMILES string of the molecule is COC(=O)c1ccc(CNC(=O)COC(=O)CSc2nc(C)cc(C)n2)cc1. The molecule has 0 saturated carbocycles. The number of aryl methyl sites for hydroxylation is 2. The molecule has 0 bridgehead atoms. The van der Waals surface area contributed by atoms with E-state index in [-0.39, 0.29) is 18.9 Å². The summed E-state index contributed by atoms with van der Waals surface area (Å²) in [5.41, 5.74) is 2.87. The highest BCUT2D eigenvalue weighted by molar-refractivity contribution is 7.99. The van der Waals surface area contributed by atoms with Crippen LogP contribution in [0.25, 0.3) is 0 Å². The molecule has 1 amide bonds. The second-order valence-corrected chi connectivity index (χ2v) is 6.79. The van der Waals surface area contributed by atoms with E-state index in [9.17, 15) is 14.4 Å². The number of aromatic nitrogens is 2. The van der Waals surface area contributed by atoms with E-state index in [0.29, 0.717) is 10.7 Å². The highest BCUT2D eigenvalue weighted by atomic mass is 32.2. The Bertz CT molecular complexity index is 835. The minimum atomic E-state index is -0.523. The minimum Gasteiger partial charge on any atom is -0.465 e. The van der Waals surface area contributed by atoms with E-state index in [2.05, 4.69) is 20.0 Å². The van der Waals surface area contributed by atoms with Crippen molar-refractivity contribution >= 4 is 29.6 Å². The van der Waals surface area contributed by atoms with Gasteiger partial charge in [0.2, 0.25) is 0 Å². The van der Waals surface area contributed by atoms with Crippen LogP contribution in [0.2, 0.25) is 0 Å². The number of thioether (sulfide) groups is 1. The van der Waals surface area contributed by atoms with Crippen LogP contribution >= 0.6 is 11.8 Å². The molecule has 28 heavy (non-hydrogen) atoms. The zero-order chi connectivity index (χ0) is 20.5. The van der Waals surface area contributed by atoms with Crippen molar-refractivity contribution in [3.05, 3.63) is 52.8 Å². The Morgan fingerprint density at radius 1 is 1.07 bits per heavy atom. The third-order valence-corrected chi connectivity index (χ3v) is 4.33. The van der Waals surface area contributed by atoms with Crippen molar-refractivity contribution in [2.75, 3.05) is 19.5 Å². The van der Waals surface area contributed by atoms with Gasteiger partial charge in [-0.2, -0.15) is 0 Å². The molecular formula is C19H21N3O5S. The van der Waals surface area contributed by atoms with E-state index in [0.717, 1.165) is 28.7 Å². The van der Waals surface area contributed by atoms with Crippen LogP contribution in [0.15, 0.2) is 35.5 Å². The molecule has 148 valence electrons. The molecule has 0 aliphatic carbocycles. The second kappa shape index (κ2) is 10.4. The lowest BCUT2D eigenvalue weighted by molar-refractivity contribution is -0.145. The summed E-state index contributed by atoms with van der Waals surface area (Å²) in [5, 5.41) is 3.14. The van der Waals surface area contributed by atoms with Crippen molar-refractivity contribution in [3.8, 4) is 0 Å². The Hall–Kier alpha value is -2.94. The predicted molar refractivity (Wildman–Crippen MR) is 103 cm³/mol. The summed E-state index contributed by atoms with van der Waals surface area (Å²) in [6.45, 7) is 3.59. The van der Waals surface area contributed by atoms with E-state index < -0.39 is 17.8 Å². The van der Waals surface area contributed by atoms with Gasteiger partial charge in [0.25, 0.3) is 5.91 Å². The molecule has 0 aliphatic rings. The van der Waals surface area contributed by atoms with E-state index in [4.69, 9.17) is 4.74 Å². The van der Waals surface area contributed by atoms with Gasteiger partial charge in [-0.15, -0.1) is 0 Å². The van der Waals surface area contributed by atoms with Gasteiger partial charge >= 0.3 is 11.9 Å². The third-order valence-electron chi connectivity index (χ3n) is 3.51. The van der Waals surface area contributed by atoms with E-state index in [1.807, 2.05) is 19.9 Å². The highest BCUT2D eigenvalue weighted by Crippen LogP contribution is 2.14. The number of hydrogen-bond acceptors (Lipinski definition) is 8. The first-order valence-electron chi connectivity index (χ1n) is 8.42. The summed E-state index contributed by atoms with van der Waals surface area (Å²) in [5.74, 6) is -1.35. The largest absolute Gasteiger partial charge is 0.465 e. The predicted octanol–water partition coefficient (Wildman–Crippen LogP) is 1.83. The fourth-order valence-electron chi connectivity index (χ4n) is 2.20. The zero-order valence-corrected chi connectivity index (χ0v) is 16.7. The maximum atomic E-state index is 11.8. The number of methoxy groups -OCH3 is 1. The van der Waals surface area contributed by atoms with Crippen LogP contribution in [0.3, 0.4) is 0 Å². The van der Waals surface area contributed by atoms with Crippen LogP contribution in [-0.4, -0.2) is 47.3 Å². The number of ether oxygens (including phenoxy) is 2. The average molecular weight is 403 g/mol. The normalized spacial score (nSPS) is 10.2. The van der Waals surface area contributed by atoms with Gasteiger partial charge in [-0.3, -0.25) is 9.59 Å². The van der Waals surface area contributed by atoms with Crippen molar-refractivity contribution in [2.24, 2.45) is 0 Å². The van der Waals surface area contributed by atoms with Crippen LogP contribution in [-0.2, 0) is 25.6 Å². The van der Waals surface area contributed by atoms with Crippen molar-refractivity contribution in [1.82, 2.24) is 15.3 Å². The number of nitrogens with zero attached hydrogens (tertiary/aromatic N) is 2. The van der Waals surface area contributed by atoms with Gasteiger partial charge in [-0.25, -0.2) is 14.8 Å². The summed E-state index contributed by atoms with van der Waals surface area (Å²) in [6.07, 6.45) is 0. The molecule has 1 N–H and O–H groups in total. The van der Waals surface area contributed by atoms with Crippen molar-refractivity contribution < 1.29 is 23.9 Å². The Morgan fingerprint density at radius 3 is 2.32 bits per heavy atom. The highest BCUT2D eigenvalue weighted by Gasteiger charge is 2.10. The molecular weight excluding hydrogens is 382 g/mol. The van der Waals surface area contributed by atoms with E-state index in [1.54, 1.807) is 24.3 Å². The van der Waals surface area contributed by atoms with Crippen molar-refractivity contribution in [3.63, 3.8) is 0 Å². The molecule has 0 unspecified atom stereocenters. The molecule has 0 fully saturated rings. The molecule has 2 aromatic rings. The van der Waals surface area contributed by atoms with Gasteiger partial charge in [0.1, 0.15) is 0 Å². The van der Waals surface area contributed by atoms with Crippen molar-refractivity contribution in [1.29, 1.82) is 0 Å². The standard InChI is InChI=1S/C19H21N3O5S/c1-12-8-13(2)22-19(21-12)28-11-17(24)27-10-16(23)20-9-14-4-6-15(7-5-14)18(25)26-3/h4-8H,9-11H2,1-3H3,(H,20,23). The zero-order valence-electron chi connectivity index (χ0n) is 15.9. The third kappa shape index (κ3) is 6.99. The smallest absolute Gasteiger partial charge is 0.337 e. The van der Waals surface area contributed by atoms with E-state index >= 15 is 0 Å². The fourth-order valence-corrected chi connectivity index (χ4v) is 2.94. The fraction of sp³-hybridized carbons (Fsp3) is 0.316. The molecule has 8 nitrogen and oxygen atoms in total. The molecule has 1 heterocycles. The molecule has 1 aromatic carbocycles. The Kier molecular flexibility index (Phi) is 7.94. The first-order chi connectivity index (χ1) is 13.4. The monoisotopic (exact) mass is 403 g/mol. The van der Waals surface area contributed by atoms with Crippen LogP contribution in [0.1, 0.15) is 27.3 Å². The Labute approximate surface area is 167 Å². The van der Waals surface area contributed by atoms with E-state index in [1.165, 1.54) is 7.11 Å². The van der Waals surface area contributed by atoms with Gasteiger partial charge in [0, 0.05) is 17.9 Å². The first kappa shape index (κ1) is 21.4. The molecule has 0 aliphatic heterocycles. The van der Waals surface area contributed by atoms with Gasteiger partial charge in [-0.05, 0) is 37.6 Å². The molecule has 0 radical (unpaired) electrons. The number of nitrogens with one attached hydrogen (secondary N) is 1. The van der Waals surface area contributed by atoms with Crippen LogP contribution in [0, 0.1) is 13.8 Å². The molecule has 0 atom stereocenters. The Morgan fingerprint density at radius 2 is 1.71 bits per heavy atom. The van der Waals surface area contributed by atoms with Crippen molar-refractivity contribution in [2.45, 2.75) is 25.5 Å². The summed E-state index contributed by atoms with van der Waals surface area (Å²) in [6, 6.07) is 8.48. The molecule has 2 rings (SSSR count). The van der Waals surface area contributed by atoms with Gasteiger partial charge < -0.3 is 14.8 Å². The summed E-state index contributed by atoms with van der Waals surface area (Å²) in [4.78, 5) is 43.4. The van der Waals surface area contributed by atoms with Gasteiger partial charge in [0.05, 0.1) is 18.4 Å². The van der Waals surface area contributed by atoms with Crippen LogP contribution < -0.4 is 5.32 Å². The minimum absolute atomic E-state index is 0.0190. The number of carbonyl (C=O) groups is 3. The topological polar surface area (TPSA) is 107 Å². The number of amides is 1. The average Bonchev–Trinajstić information content (AvgIpc) is 2.68. The lowest BCUT2D eigenvalue weighted by Gasteiger charge is -2.07. The quantitative estimate of drug-likeness (QED) is 0.404. The number of benzene rings is 1. The second-order valence-electron chi connectivity index (χ2n) is 5.85. The molecule has 1 aromatic heterocycles. The maximum Gasteiger partial charge on any atom is 0.337 e. The number of carbonyl (C=O) groups excluding carboxylic acids is 3. The molecule has 0 spiro atoms. The molecule has 9 heteroatoms. The van der Waals surface area contributed by atoms with Crippen LogP contribution in [0.4, 0.5) is 0 Å². The lowest BCUT2D eigenvalue weighted by atomic mass is 10.1. The number of esters is 2. The first-order valence-corrected chi connectivity index (χ1v) is 9.40. The Balaban J connectivity index is 1.70. The maximum absolute atomic E-state index is 11.8. The summed E-state index contributed by atoms with van der Waals surface area (Å²) >= 11 is 1.16. The van der Waals surface area contributed by atoms with Gasteiger partial charge in [-0.1, -0.05) is 23.9 Å². The van der Waals surface area contributed by atoms with Crippen LogP contribution in [0.5, 0.6) is 0 Å². The van der Waals surface area contributed by atoms with Gasteiger partial charge in [0.15, 0.2) is 11.8 Å². The summed E-state index contributed by atoms with van der Waals surface area (Å²) < 4.78 is 9.57. The summed E-state index contributed by atoms with van der Waals surface area (Å²) in [7, 11) is 1.31. The molecule has 0 saturated heterocycles. The number of hydrogen-bond donors (Lipinski definition) is 1.